The molecular weight excluding hydrogens is 332 g/mol. The number of ether oxygens (including phenoxy) is 3. The van der Waals surface area contributed by atoms with Crippen LogP contribution < -0.4 is 0 Å². The highest BCUT2D eigenvalue weighted by Gasteiger charge is 2.59. The fourth-order valence-corrected chi connectivity index (χ4v) is 4.22. The summed E-state index contributed by atoms with van der Waals surface area (Å²) in [6.07, 6.45) is 2.98. The third kappa shape index (κ3) is 3.70. The highest BCUT2D eigenvalue weighted by molar-refractivity contribution is 5.66. The molecular formula is C20H26N2O4. The van der Waals surface area contributed by atoms with Crippen LogP contribution in [0.5, 0.6) is 0 Å². The van der Waals surface area contributed by atoms with E-state index < -0.39 is 22.6 Å². The van der Waals surface area contributed by atoms with E-state index in [-0.39, 0.29) is 18.9 Å². The van der Waals surface area contributed by atoms with Gasteiger partial charge in [0.15, 0.2) is 17.8 Å². The highest BCUT2D eigenvalue weighted by Crippen LogP contribution is 2.58. The molecule has 6 heteroatoms. The Balaban J connectivity index is 2.22. The zero-order valence-electron chi connectivity index (χ0n) is 15.8. The second kappa shape index (κ2) is 8.09. The SMILES string of the molecule is CC[C@@H]1CC2(CCC1(C)C(C#N)(C#N)CC#CCOC(C)=O)OCCO2. The quantitative estimate of drug-likeness (QED) is 0.567. The molecule has 6 nitrogen and oxygen atoms in total. The molecule has 1 heterocycles. The summed E-state index contributed by atoms with van der Waals surface area (Å²) in [6, 6.07) is 4.53. The molecule has 140 valence electrons. The highest BCUT2D eigenvalue weighted by atomic mass is 16.7. The van der Waals surface area contributed by atoms with Crippen molar-refractivity contribution < 1.29 is 19.0 Å². The summed E-state index contributed by atoms with van der Waals surface area (Å²) in [7, 11) is 0. The molecule has 1 saturated heterocycles. The summed E-state index contributed by atoms with van der Waals surface area (Å²) >= 11 is 0. The summed E-state index contributed by atoms with van der Waals surface area (Å²) in [4.78, 5) is 10.8. The maximum Gasteiger partial charge on any atom is 0.303 e. The van der Waals surface area contributed by atoms with Gasteiger partial charge in [-0.25, -0.2) is 0 Å². The minimum absolute atomic E-state index is 0.0268. The minimum Gasteiger partial charge on any atom is -0.453 e. The second-order valence-corrected chi connectivity index (χ2v) is 7.27. The minimum atomic E-state index is -1.23. The van der Waals surface area contributed by atoms with Crippen molar-refractivity contribution in [3.05, 3.63) is 0 Å². The molecule has 1 aliphatic heterocycles. The lowest BCUT2D eigenvalue weighted by molar-refractivity contribution is -0.213. The number of esters is 1. The molecule has 26 heavy (non-hydrogen) atoms. The standard InChI is InChI=1S/C20H26N2O4/c1-4-17-13-20(25-11-12-26-20)9-8-18(17,3)19(14-21,15-22)7-5-6-10-24-16(2)23/h17H,4,7-13H2,1-3H3/t17-,18?/m1/s1. The van der Waals surface area contributed by atoms with Crippen LogP contribution in [0.15, 0.2) is 0 Å². The van der Waals surface area contributed by atoms with Gasteiger partial charge < -0.3 is 14.2 Å². The van der Waals surface area contributed by atoms with Crippen LogP contribution in [0.25, 0.3) is 0 Å². The van der Waals surface area contributed by atoms with Crippen LogP contribution in [0.2, 0.25) is 0 Å². The second-order valence-electron chi connectivity index (χ2n) is 7.27. The number of hydrogen-bond donors (Lipinski definition) is 0. The molecule has 0 aromatic carbocycles. The largest absolute Gasteiger partial charge is 0.453 e. The normalized spacial score (nSPS) is 27.0. The van der Waals surface area contributed by atoms with E-state index in [0.29, 0.717) is 32.5 Å². The van der Waals surface area contributed by atoms with Crippen molar-refractivity contribution in [1.82, 2.24) is 0 Å². The van der Waals surface area contributed by atoms with Gasteiger partial charge in [0.1, 0.15) is 0 Å². The Morgan fingerprint density at radius 3 is 2.42 bits per heavy atom. The zero-order valence-corrected chi connectivity index (χ0v) is 15.8. The van der Waals surface area contributed by atoms with Crippen LogP contribution in [0.3, 0.4) is 0 Å². The van der Waals surface area contributed by atoms with Crippen molar-refractivity contribution in [1.29, 1.82) is 10.5 Å². The number of nitrogens with zero attached hydrogens (tertiary/aromatic N) is 2. The zero-order chi connectivity index (χ0) is 19.3. The van der Waals surface area contributed by atoms with Crippen molar-refractivity contribution in [3.8, 4) is 24.0 Å². The molecule has 0 radical (unpaired) electrons. The molecule has 1 unspecified atom stereocenters. The van der Waals surface area contributed by atoms with E-state index in [2.05, 4.69) is 30.9 Å². The fraction of sp³-hybridized carbons (Fsp3) is 0.750. The van der Waals surface area contributed by atoms with Crippen molar-refractivity contribution in [2.75, 3.05) is 19.8 Å². The van der Waals surface area contributed by atoms with Gasteiger partial charge in [-0.15, -0.1) is 0 Å². The molecule has 1 spiro atoms. The van der Waals surface area contributed by atoms with Crippen LogP contribution in [0.4, 0.5) is 0 Å². The first-order valence-electron chi connectivity index (χ1n) is 9.06. The number of hydrogen-bond acceptors (Lipinski definition) is 6. The molecule has 2 atom stereocenters. The lowest BCUT2D eigenvalue weighted by atomic mass is 9.52. The summed E-state index contributed by atoms with van der Waals surface area (Å²) in [5.74, 6) is 4.76. The van der Waals surface area contributed by atoms with Crippen LogP contribution in [-0.4, -0.2) is 31.6 Å². The first-order valence-corrected chi connectivity index (χ1v) is 9.06. The Morgan fingerprint density at radius 2 is 1.88 bits per heavy atom. The molecule has 0 N–H and O–H groups in total. The first-order chi connectivity index (χ1) is 12.4. The Labute approximate surface area is 155 Å². The third-order valence-electron chi connectivity index (χ3n) is 5.97. The molecule has 0 aromatic rings. The predicted octanol–water partition coefficient (Wildman–Crippen LogP) is 2.94. The van der Waals surface area contributed by atoms with E-state index in [9.17, 15) is 15.3 Å². The molecule has 0 amide bonds. The van der Waals surface area contributed by atoms with Gasteiger partial charge >= 0.3 is 5.97 Å². The molecule has 1 saturated carbocycles. The summed E-state index contributed by atoms with van der Waals surface area (Å²) in [5.41, 5.74) is -1.74. The average molecular weight is 358 g/mol. The van der Waals surface area contributed by atoms with Crippen LogP contribution >= 0.6 is 0 Å². The van der Waals surface area contributed by atoms with Gasteiger partial charge in [-0.3, -0.25) is 4.79 Å². The van der Waals surface area contributed by atoms with Gasteiger partial charge in [-0.1, -0.05) is 32.1 Å². The van der Waals surface area contributed by atoms with Crippen LogP contribution in [0.1, 0.15) is 52.9 Å². The number of rotatable bonds is 4. The Hall–Kier alpha value is -2.07. The molecule has 2 fully saturated rings. The van der Waals surface area contributed by atoms with E-state index in [1.54, 1.807) is 0 Å². The van der Waals surface area contributed by atoms with Crippen LogP contribution in [-0.2, 0) is 19.0 Å². The number of carbonyl (C=O) groups is 1. The molecule has 2 aliphatic rings. The first kappa shape index (κ1) is 20.2. The van der Waals surface area contributed by atoms with E-state index in [4.69, 9.17) is 14.2 Å². The van der Waals surface area contributed by atoms with Crippen molar-refractivity contribution in [2.45, 2.75) is 58.7 Å². The summed E-state index contributed by atoms with van der Waals surface area (Å²) < 4.78 is 16.5. The van der Waals surface area contributed by atoms with Crippen LogP contribution in [0, 0.1) is 51.3 Å². The third-order valence-corrected chi connectivity index (χ3v) is 5.97. The van der Waals surface area contributed by atoms with Crippen molar-refractivity contribution in [2.24, 2.45) is 16.7 Å². The fourth-order valence-electron chi connectivity index (χ4n) is 4.22. The lowest BCUT2D eigenvalue weighted by Crippen LogP contribution is -2.52. The van der Waals surface area contributed by atoms with E-state index in [0.717, 1.165) is 6.42 Å². The van der Waals surface area contributed by atoms with E-state index in [1.165, 1.54) is 6.92 Å². The smallest absolute Gasteiger partial charge is 0.303 e. The maximum atomic E-state index is 10.8. The van der Waals surface area contributed by atoms with Gasteiger partial charge in [0.05, 0.1) is 25.4 Å². The monoisotopic (exact) mass is 358 g/mol. The molecule has 1 aliphatic carbocycles. The van der Waals surface area contributed by atoms with Gasteiger partial charge in [0.2, 0.25) is 0 Å². The molecule has 2 rings (SSSR count). The number of carbonyl (C=O) groups excluding carboxylic acids is 1. The number of nitriles is 2. The summed E-state index contributed by atoms with van der Waals surface area (Å²) in [6.45, 7) is 6.56. The Kier molecular flexibility index (Phi) is 6.30. The molecule has 0 aromatic heterocycles. The van der Waals surface area contributed by atoms with Gasteiger partial charge in [0.25, 0.3) is 0 Å². The summed E-state index contributed by atoms with van der Waals surface area (Å²) in [5, 5.41) is 19.8. The predicted molar refractivity (Wildman–Crippen MR) is 93.1 cm³/mol. The lowest BCUT2D eigenvalue weighted by Gasteiger charge is -2.52. The maximum absolute atomic E-state index is 10.8. The average Bonchev–Trinajstić information content (AvgIpc) is 3.09. The van der Waals surface area contributed by atoms with E-state index >= 15 is 0 Å². The van der Waals surface area contributed by atoms with Crippen molar-refractivity contribution >= 4 is 5.97 Å². The van der Waals surface area contributed by atoms with Crippen molar-refractivity contribution in [3.63, 3.8) is 0 Å². The van der Waals surface area contributed by atoms with Gasteiger partial charge in [0, 0.05) is 31.6 Å². The topological polar surface area (TPSA) is 92.3 Å². The van der Waals surface area contributed by atoms with Gasteiger partial charge in [-0.05, 0) is 12.3 Å². The Bertz CT molecular complexity index is 659. The molecule has 0 bridgehead atoms. The van der Waals surface area contributed by atoms with E-state index in [1.807, 2.05) is 6.92 Å². The van der Waals surface area contributed by atoms with Gasteiger partial charge in [-0.2, -0.15) is 10.5 Å². The Morgan fingerprint density at radius 1 is 1.23 bits per heavy atom.